The van der Waals surface area contributed by atoms with Crippen molar-refractivity contribution in [2.75, 3.05) is 58.7 Å². The molecule has 40 heavy (non-hydrogen) atoms. The molecule has 1 aliphatic heterocycles. The molecule has 6 nitrogen and oxygen atoms in total. The van der Waals surface area contributed by atoms with Crippen molar-refractivity contribution >= 4 is 48.4 Å². The van der Waals surface area contributed by atoms with Gasteiger partial charge in [0.15, 0.2) is 11.5 Å². The first-order chi connectivity index (χ1) is 18.9. The van der Waals surface area contributed by atoms with Gasteiger partial charge < -0.3 is 24.0 Å². The van der Waals surface area contributed by atoms with Crippen LogP contribution in [0.15, 0.2) is 71.6 Å². The van der Waals surface area contributed by atoms with E-state index in [2.05, 4.69) is 36.7 Å². The number of anilines is 1. The fraction of sp³-hybridized carbons (Fsp3) is 0.387. The molecule has 0 spiro atoms. The number of amides is 1. The number of rotatable bonds is 13. The summed E-state index contributed by atoms with van der Waals surface area (Å²) in [6.45, 7) is 2.64. The standard InChI is InChI=1S/C31H38N2O4S2.ClH/c1-32(19-17-23-11-16-27(35-3)28(21-23)36-4)18-7-8-20-37-25-14-12-24(13-15-25)31(22-38)30(34)33(2)26-9-5-6-10-29(26)39-31;/h5-6,9-16,21,38H,7-8,17-20,22H2,1-4H3;1H. The van der Waals surface area contributed by atoms with Crippen LogP contribution in [-0.2, 0) is 16.0 Å². The number of nitrogens with zero attached hydrogens (tertiary/aromatic N) is 2. The van der Waals surface area contributed by atoms with Gasteiger partial charge in [-0.25, -0.2) is 0 Å². The summed E-state index contributed by atoms with van der Waals surface area (Å²) in [5.41, 5.74) is 3.11. The molecule has 9 heteroatoms. The van der Waals surface area contributed by atoms with Gasteiger partial charge in [-0.15, -0.1) is 24.2 Å². The van der Waals surface area contributed by atoms with E-state index in [-0.39, 0.29) is 18.3 Å². The predicted octanol–water partition coefficient (Wildman–Crippen LogP) is 6.35. The molecule has 1 unspecified atom stereocenters. The monoisotopic (exact) mass is 602 g/mol. The average molecular weight is 603 g/mol. The molecule has 0 bridgehead atoms. The van der Waals surface area contributed by atoms with Crippen LogP contribution in [0.4, 0.5) is 5.69 Å². The number of hydrogen-bond donors (Lipinski definition) is 1. The normalized spacial score (nSPS) is 16.4. The Bertz CT molecular complexity index is 1260. The maximum absolute atomic E-state index is 13.4. The molecule has 0 N–H and O–H groups in total. The second kappa shape index (κ2) is 14.9. The Hall–Kier alpha value is -2.52. The molecule has 1 amide bonds. The largest absolute Gasteiger partial charge is 0.494 e. The summed E-state index contributed by atoms with van der Waals surface area (Å²) in [5, 5.41) is 0. The van der Waals surface area contributed by atoms with Crippen LogP contribution in [0.2, 0.25) is 0 Å². The highest BCUT2D eigenvalue weighted by Crippen LogP contribution is 2.51. The quantitative estimate of drug-likeness (QED) is 0.182. The van der Waals surface area contributed by atoms with Crippen molar-refractivity contribution in [2.24, 2.45) is 0 Å². The number of ether oxygens (including phenoxy) is 3. The van der Waals surface area contributed by atoms with Gasteiger partial charge in [0.05, 0.1) is 26.5 Å². The number of thioether (sulfide) groups is 1. The number of hydrogen-bond acceptors (Lipinski definition) is 7. The van der Waals surface area contributed by atoms with Crippen molar-refractivity contribution < 1.29 is 19.0 Å². The molecule has 0 saturated heterocycles. The lowest BCUT2D eigenvalue weighted by atomic mass is 9.97. The van der Waals surface area contributed by atoms with Crippen LogP contribution in [-0.4, -0.2) is 64.6 Å². The van der Waals surface area contributed by atoms with E-state index in [1.54, 1.807) is 30.9 Å². The number of halogens is 1. The van der Waals surface area contributed by atoms with Gasteiger partial charge in [0.25, 0.3) is 0 Å². The summed E-state index contributed by atoms with van der Waals surface area (Å²) >= 11 is 6.20. The molecular weight excluding hydrogens is 564 g/mol. The number of likely N-dealkylation sites (N-methyl/N-ethyl adjacent to an activating group) is 2. The van der Waals surface area contributed by atoms with Crippen molar-refractivity contribution in [3.05, 3.63) is 77.9 Å². The van der Waals surface area contributed by atoms with Crippen LogP contribution in [0.3, 0.4) is 0 Å². The average Bonchev–Trinajstić information content (AvgIpc) is 2.98. The molecule has 3 aromatic rings. The van der Waals surface area contributed by atoms with Gasteiger partial charge >= 0.3 is 0 Å². The van der Waals surface area contributed by atoms with E-state index >= 15 is 0 Å². The van der Waals surface area contributed by atoms with Gasteiger partial charge in [0, 0.05) is 24.2 Å². The highest BCUT2D eigenvalue weighted by molar-refractivity contribution is 8.02. The van der Waals surface area contributed by atoms with Crippen LogP contribution in [0.25, 0.3) is 0 Å². The van der Waals surface area contributed by atoms with Gasteiger partial charge in [-0.3, -0.25) is 4.79 Å². The van der Waals surface area contributed by atoms with Crippen molar-refractivity contribution in [1.29, 1.82) is 0 Å². The molecule has 3 aromatic carbocycles. The minimum absolute atomic E-state index is 0. The molecule has 1 aliphatic rings. The van der Waals surface area contributed by atoms with Crippen LogP contribution in [0.5, 0.6) is 17.2 Å². The zero-order valence-corrected chi connectivity index (χ0v) is 26.1. The number of para-hydroxylation sites is 1. The molecule has 0 aliphatic carbocycles. The van der Waals surface area contributed by atoms with Crippen molar-refractivity contribution in [1.82, 2.24) is 4.90 Å². The van der Waals surface area contributed by atoms with E-state index < -0.39 is 4.75 Å². The van der Waals surface area contributed by atoms with Crippen LogP contribution >= 0.6 is 36.8 Å². The number of fused-ring (bicyclic) bond motifs is 1. The topological polar surface area (TPSA) is 51.2 Å². The third kappa shape index (κ3) is 7.21. The van der Waals surface area contributed by atoms with Crippen LogP contribution < -0.4 is 19.1 Å². The Morgan fingerprint density at radius 2 is 1.68 bits per heavy atom. The smallest absolute Gasteiger partial charge is 0.248 e. The van der Waals surface area contributed by atoms with Gasteiger partial charge in [-0.05, 0) is 80.4 Å². The highest BCUT2D eigenvalue weighted by atomic mass is 35.5. The molecule has 4 rings (SSSR count). The number of benzene rings is 3. The molecule has 216 valence electrons. The van der Waals surface area contributed by atoms with E-state index in [0.29, 0.717) is 12.4 Å². The zero-order valence-electron chi connectivity index (χ0n) is 23.6. The molecule has 0 aromatic heterocycles. The van der Waals surface area contributed by atoms with E-state index in [4.69, 9.17) is 14.2 Å². The first-order valence-corrected chi connectivity index (χ1v) is 14.7. The number of carbonyl (C=O) groups excluding carboxylic acids is 1. The second-order valence-electron chi connectivity index (χ2n) is 9.74. The zero-order chi connectivity index (χ0) is 27.8. The van der Waals surface area contributed by atoms with Crippen LogP contribution in [0.1, 0.15) is 24.0 Å². The summed E-state index contributed by atoms with van der Waals surface area (Å²) in [4.78, 5) is 18.6. The molecule has 0 fully saturated rings. The third-order valence-electron chi connectivity index (χ3n) is 7.14. The SMILES string of the molecule is COc1ccc(CCN(C)CCCCOc2ccc(C3(CS)Sc4ccccc4N(C)C3=O)cc2)cc1OC.Cl. The number of carbonyl (C=O) groups is 1. The van der Waals surface area contributed by atoms with E-state index in [0.717, 1.165) is 65.7 Å². The van der Waals surface area contributed by atoms with Crippen molar-refractivity contribution in [3.8, 4) is 17.2 Å². The maximum atomic E-state index is 13.4. The molecule has 1 atom stereocenters. The minimum Gasteiger partial charge on any atom is -0.494 e. The lowest BCUT2D eigenvalue weighted by Gasteiger charge is -2.40. The fourth-order valence-electron chi connectivity index (χ4n) is 4.77. The van der Waals surface area contributed by atoms with Gasteiger partial charge in [0.1, 0.15) is 10.5 Å². The molecule has 1 heterocycles. The molecular formula is C31H39ClN2O4S2. The Labute approximate surface area is 254 Å². The first kappa shape index (κ1) is 32.0. The lowest BCUT2D eigenvalue weighted by Crippen LogP contribution is -2.47. The highest BCUT2D eigenvalue weighted by Gasteiger charge is 2.46. The van der Waals surface area contributed by atoms with E-state index in [1.165, 1.54) is 5.56 Å². The summed E-state index contributed by atoms with van der Waals surface area (Å²) in [6, 6.07) is 22.0. The lowest BCUT2D eigenvalue weighted by molar-refractivity contribution is -0.120. The summed E-state index contributed by atoms with van der Waals surface area (Å²) in [5.74, 6) is 2.80. The van der Waals surface area contributed by atoms with Crippen LogP contribution in [0, 0.1) is 0 Å². The van der Waals surface area contributed by atoms with Crippen molar-refractivity contribution in [2.45, 2.75) is 28.9 Å². The van der Waals surface area contributed by atoms with E-state index in [9.17, 15) is 4.79 Å². The summed E-state index contributed by atoms with van der Waals surface area (Å²) < 4.78 is 16.0. The van der Waals surface area contributed by atoms with Gasteiger partial charge in [0.2, 0.25) is 5.91 Å². The number of thiol groups is 1. The molecule has 0 saturated carbocycles. The van der Waals surface area contributed by atoms with E-state index in [1.807, 2.05) is 61.6 Å². The maximum Gasteiger partial charge on any atom is 0.248 e. The second-order valence-corrected chi connectivity index (χ2v) is 11.4. The Morgan fingerprint density at radius 3 is 2.38 bits per heavy atom. The minimum atomic E-state index is -0.758. The summed E-state index contributed by atoms with van der Waals surface area (Å²) in [7, 11) is 7.30. The van der Waals surface area contributed by atoms with Gasteiger partial charge in [-0.1, -0.05) is 30.3 Å². The van der Waals surface area contributed by atoms with Crippen molar-refractivity contribution in [3.63, 3.8) is 0 Å². The fourth-order valence-corrected chi connectivity index (χ4v) is 6.65. The van der Waals surface area contributed by atoms with Gasteiger partial charge in [-0.2, -0.15) is 12.6 Å². The Balaban J connectivity index is 0.00000441. The number of unbranched alkanes of at least 4 members (excludes halogenated alkanes) is 1. The summed E-state index contributed by atoms with van der Waals surface area (Å²) in [6.07, 6.45) is 2.98. The Morgan fingerprint density at radius 1 is 0.950 bits per heavy atom. The predicted molar refractivity (Wildman–Crippen MR) is 170 cm³/mol. The molecule has 0 radical (unpaired) electrons. The first-order valence-electron chi connectivity index (χ1n) is 13.2. The number of methoxy groups -OCH3 is 2. The Kier molecular flexibility index (Phi) is 11.9. The third-order valence-corrected chi connectivity index (χ3v) is 9.29.